The summed E-state index contributed by atoms with van der Waals surface area (Å²) in [5.41, 5.74) is 1.86. The first-order valence-corrected chi connectivity index (χ1v) is 11.9. The van der Waals surface area contributed by atoms with Gasteiger partial charge in [0.1, 0.15) is 16.5 Å². The van der Waals surface area contributed by atoms with Gasteiger partial charge in [-0.25, -0.2) is 4.39 Å². The Morgan fingerprint density at radius 3 is 2.47 bits per heavy atom. The van der Waals surface area contributed by atoms with E-state index in [1.807, 2.05) is 31.2 Å². The van der Waals surface area contributed by atoms with Gasteiger partial charge in [0, 0.05) is 26.2 Å². The van der Waals surface area contributed by atoms with Gasteiger partial charge in [-0.05, 0) is 49.4 Å². The number of hydrogen-bond acceptors (Lipinski definition) is 5. The molecule has 8 heteroatoms. The van der Waals surface area contributed by atoms with Gasteiger partial charge >= 0.3 is 0 Å². The highest BCUT2D eigenvalue weighted by Gasteiger charge is 2.25. The van der Waals surface area contributed by atoms with Crippen molar-refractivity contribution in [2.75, 3.05) is 32.7 Å². The highest BCUT2D eigenvalue weighted by atomic mass is 32.1. The lowest BCUT2D eigenvalue weighted by Gasteiger charge is -2.33. The van der Waals surface area contributed by atoms with Crippen molar-refractivity contribution in [3.8, 4) is 11.8 Å². The van der Waals surface area contributed by atoms with Crippen molar-refractivity contribution in [3.63, 3.8) is 0 Å². The average Bonchev–Trinajstić information content (AvgIpc) is 3.15. The first-order chi connectivity index (χ1) is 16.4. The van der Waals surface area contributed by atoms with Gasteiger partial charge in [-0.1, -0.05) is 36.8 Å². The number of halogens is 1. The molecule has 2 aromatic carbocycles. The maximum absolute atomic E-state index is 13.6. The zero-order valence-corrected chi connectivity index (χ0v) is 19.9. The molecule has 1 aliphatic rings. The summed E-state index contributed by atoms with van der Waals surface area (Å²) in [6, 6.07) is 15.2. The summed E-state index contributed by atoms with van der Waals surface area (Å²) in [6.07, 6.45) is 1.75. The summed E-state index contributed by atoms with van der Waals surface area (Å²) in [4.78, 5) is 30.7. The van der Waals surface area contributed by atoms with E-state index < -0.39 is 11.7 Å². The second-order valence-electron chi connectivity index (χ2n) is 8.16. The molecule has 1 fully saturated rings. The molecule has 0 saturated carbocycles. The van der Waals surface area contributed by atoms with Crippen molar-refractivity contribution in [2.45, 2.75) is 13.8 Å². The predicted octanol–water partition coefficient (Wildman–Crippen LogP) is 2.01. The van der Waals surface area contributed by atoms with E-state index >= 15 is 0 Å². The Hall–Kier alpha value is -3.54. The Bertz CT molecular complexity index is 1430. The monoisotopic (exact) mass is 476 g/mol. The van der Waals surface area contributed by atoms with Gasteiger partial charge in [-0.15, -0.1) is 11.3 Å². The third-order valence-electron chi connectivity index (χ3n) is 5.89. The fraction of sp³-hybridized carbons (Fsp3) is 0.269. The normalized spacial score (nSPS) is 15.8. The number of likely N-dealkylation sites (N-methyl/N-ethyl adjacent to an activating group) is 1. The smallest absolute Gasteiger partial charge is 0.273 e. The summed E-state index contributed by atoms with van der Waals surface area (Å²) in [5.74, 6) is -0.827. The minimum Gasteiger partial charge on any atom is -0.335 e. The van der Waals surface area contributed by atoms with Crippen LogP contribution in [-0.4, -0.2) is 53.0 Å². The maximum Gasteiger partial charge on any atom is 0.273 e. The fourth-order valence-electron chi connectivity index (χ4n) is 4.00. The van der Waals surface area contributed by atoms with Crippen LogP contribution in [0.4, 0.5) is 4.39 Å². The van der Waals surface area contributed by atoms with Crippen LogP contribution in [0.25, 0.3) is 17.3 Å². The lowest BCUT2D eigenvalue weighted by molar-refractivity contribution is -0.126. The molecule has 34 heavy (non-hydrogen) atoms. The molecular formula is C26H25FN4O2S. The molecule has 0 bridgehead atoms. The van der Waals surface area contributed by atoms with E-state index in [0.29, 0.717) is 23.3 Å². The lowest BCUT2D eigenvalue weighted by atomic mass is 10.1. The van der Waals surface area contributed by atoms with Crippen LogP contribution in [0.15, 0.2) is 53.3 Å². The molecule has 0 aliphatic carbocycles. The van der Waals surface area contributed by atoms with Gasteiger partial charge in [0.05, 0.1) is 10.2 Å². The average molecular weight is 477 g/mol. The number of piperazine rings is 1. The predicted molar refractivity (Wildman–Crippen MR) is 132 cm³/mol. The molecule has 1 saturated heterocycles. The van der Waals surface area contributed by atoms with Gasteiger partial charge in [0.25, 0.3) is 11.5 Å². The molecule has 1 aromatic heterocycles. The number of benzene rings is 2. The van der Waals surface area contributed by atoms with Crippen LogP contribution >= 0.6 is 11.3 Å². The summed E-state index contributed by atoms with van der Waals surface area (Å²) < 4.78 is 15.6. The third-order valence-corrected chi connectivity index (χ3v) is 6.99. The number of nitriles is 1. The number of amides is 1. The van der Waals surface area contributed by atoms with Gasteiger partial charge in [-0.2, -0.15) is 5.26 Å². The number of rotatable bonds is 4. The van der Waals surface area contributed by atoms with Gasteiger partial charge in [-0.3, -0.25) is 14.2 Å². The van der Waals surface area contributed by atoms with Gasteiger partial charge < -0.3 is 9.80 Å². The van der Waals surface area contributed by atoms with Crippen molar-refractivity contribution in [3.05, 3.63) is 85.0 Å². The van der Waals surface area contributed by atoms with Crippen LogP contribution in [0, 0.1) is 24.1 Å². The van der Waals surface area contributed by atoms with Crippen LogP contribution in [0.3, 0.4) is 0 Å². The lowest BCUT2D eigenvalue weighted by Crippen LogP contribution is -2.49. The molecule has 1 amide bonds. The van der Waals surface area contributed by atoms with Crippen molar-refractivity contribution in [1.29, 1.82) is 5.26 Å². The molecule has 174 valence electrons. The molecule has 3 aromatic rings. The summed E-state index contributed by atoms with van der Waals surface area (Å²) >= 11 is 1.10. The zero-order chi connectivity index (χ0) is 24.2. The molecule has 0 N–H and O–H groups in total. The van der Waals surface area contributed by atoms with E-state index in [4.69, 9.17) is 0 Å². The number of thiazole rings is 1. The molecule has 0 unspecified atom stereocenters. The minimum atomic E-state index is -0.436. The second-order valence-corrected chi connectivity index (χ2v) is 9.19. The highest BCUT2D eigenvalue weighted by Crippen LogP contribution is 2.10. The van der Waals surface area contributed by atoms with E-state index in [1.165, 1.54) is 28.8 Å². The SMILES string of the molecule is CCN1CCN(C(=O)/C(C#N)=c2\s/c(=C/c3cccc(C)c3)c(=O)n2-c2ccc(F)cc2)CC1. The Balaban J connectivity index is 1.92. The molecule has 6 nitrogen and oxygen atoms in total. The molecule has 0 spiro atoms. The summed E-state index contributed by atoms with van der Waals surface area (Å²) in [7, 11) is 0. The van der Waals surface area contributed by atoms with Crippen LogP contribution in [0.5, 0.6) is 0 Å². The van der Waals surface area contributed by atoms with Crippen LogP contribution < -0.4 is 14.8 Å². The number of aromatic nitrogens is 1. The third kappa shape index (κ3) is 4.86. The van der Waals surface area contributed by atoms with E-state index in [9.17, 15) is 19.2 Å². The zero-order valence-electron chi connectivity index (χ0n) is 19.1. The van der Waals surface area contributed by atoms with Crippen LogP contribution in [0.1, 0.15) is 18.1 Å². The van der Waals surface area contributed by atoms with Gasteiger partial charge in [0.15, 0.2) is 5.57 Å². The van der Waals surface area contributed by atoms with E-state index in [0.717, 1.165) is 42.1 Å². The largest absolute Gasteiger partial charge is 0.335 e. The summed E-state index contributed by atoms with van der Waals surface area (Å²) in [6.45, 7) is 7.46. The van der Waals surface area contributed by atoms with E-state index in [1.54, 1.807) is 11.0 Å². The number of aryl methyl sites for hydroxylation is 1. The van der Waals surface area contributed by atoms with Crippen molar-refractivity contribution < 1.29 is 9.18 Å². The van der Waals surface area contributed by atoms with E-state index in [2.05, 4.69) is 17.9 Å². The quantitative estimate of drug-likeness (QED) is 0.578. The van der Waals surface area contributed by atoms with Crippen LogP contribution in [0.2, 0.25) is 0 Å². The Morgan fingerprint density at radius 1 is 1.15 bits per heavy atom. The first-order valence-electron chi connectivity index (χ1n) is 11.1. The van der Waals surface area contributed by atoms with E-state index in [-0.39, 0.29) is 15.8 Å². The molecule has 2 heterocycles. The maximum atomic E-state index is 13.6. The molecule has 1 aliphatic heterocycles. The number of carbonyl (C=O) groups is 1. The van der Waals surface area contributed by atoms with Crippen LogP contribution in [-0.2, 0) is 4.79 Å². The molecule has 0 radical (unpaired) electrons. The molecule has 0 atom stereocenters. The first kappa shape index (κ1) is 23.6. The second kappa shape index (κ2) is 10.2. The number of carbonyl (C=O) groups excluding carboxylic acids is 1. The number of nitrogens with zero attached hydrogens (tertiary/aromatic N) is 4. The Morgan fingerprint density at radius 2 is 1.85 bits per heavy atom. The minimum absolute atomic E-state index is 0.0831. The number of hydrogen-bond donors (Lipinski definition) is 0. The topological polar surface area (TPSA) is 69.3 Å². The fourth-order valence-corrected chi connectivity index (χ4v) is 5.09. The Kier molecular flexibility index (Phi) is 7.06. The molecular weight excluding hydrogens is 451 g/mol. The Labute approximate surface area is 201 Å². The van der Waals surface area contributed by atoms with Crippen molar-refractivity contribution >= 4 is 28.9 Å². The van der Waals surface area contributed by atoms with Crippen molar-refractivity contribution in [2.24, 2.45) is 0 Å². The standard InChI is InChI=1S/C26H25FN4O2S/c1-3-29-11-13-30(14-12-29)24(32)22(17-28)26-31(21-9-7-20(27)8-10-21)25(33)23(34-26)16-19-6-4-5-18(2)15-19/h4-10,15-16H,3,11-14H2,1-2H3/b23-16+,26-22-. The summed E-state index contributed by atoms with van der Waals surface area (Å²) in [5, 5.41) is 10.00. The van der Waals surface area contributed by atoms with Crippen molar-refractivity contribution in [1.82, 2.24) is 14.4 Å². The molecule has 4 rings (SSSR count). The van der Waals surface area contributed by atoms with Gasteiger partial charge in [0.2, 0.25) is 0 Å². The highest BCUT2D eigenvalue weighted by molar-refractivity contribution is 7.07.